The highest BCUT2D eigenvalue weighted by atomic mass is 16.2. The molecule has 1 N–H and O–H groups in total. The summed E-state index contributed by atoms with van der Waals surface area (Å²) in [5.41, 5.74) is 3.03. The normalized spacial score (nSPS) is 15.4. The number of barbiturate groups is 1. The number of rotatable bonds is 6. The number of imide groups is 2. The van der Waals surface area contributed by atoms with E-state index >= 15 is 0 Å². The molecule has 3 rings (SSSR count). The number of urea groups is 1. The van der Waals surface area contributed by atoms with Crippen molar-refractivity contribution < 1.29 is 14.4 Å². The first-order chi connectivity index (χ1) is 14.3. The van der Waals surface area contributed by atoms with Crippen LogP contribution in [0.3, 0.4) is 0 Å². The minimum atomic E-state index is -0.749. The van der Waals surface area contributed by atoms with Gasteiger partial charge in [-0.05, 0) is 61.9 Å². The molecule has 0 radical (unpaired) electrons. The zero-order valence-electron chi connectivity index (χ0n) is 17.7. The molecule has 2 aromatic carbocycles. The molecule has 30 heavy (non-hydrogen) atoms. The fourth-order valence-electron chi connectivity index (χ4n) is 3.33. The van der Waals surface area contributed by atoms with Gasteiger partial charge in [0.2, 0.25) is 0 Å². The van der Waals surface area contributed by atoms with Gasteiger partial charge < -0.3 is 9.80 Å². The molecular formula is C23H26N4O3. The number of hydrogen-bond donors (Lipinski definition) is 1. The Bertz CT molecular complexity index is 975. The van der Waals surface area contributed by atoms with Crippen LogP contribution in [0.5, 0.6) is 0 Å². The molecule has 0 aromatic heterocycles. The average molecular weight is 406 g/mol. The number of anilines is 3. The van der Waals surface area contributed by atoms with Crippen molar-refractivity contribution in [3.05, 3.63) is 59.7 Å². The van der Waals surface area contributed by atoms with Crippen LogP contribution in [0.4, 0.5) is 21.9 Å². The lowest BCUT2D eigenvalue weighted by atomic mass is 10.1. The predicted molar refractivity (Wildman–Crippen MR) is 120 cm³/mol. The van der Waals surface area contributed by atoms with E-state index in [1.54, 1.807) is 12.1 Å². The van der Waals surface area contributed by atoms with Gasteiger partial charge in [0.05, 0.1) is 5.69 Å². The molecular weight excluding hydrogens is 380 g/mol. The van der Waals surface area contributed by atoms with E-state index in [0.29, 0.717) is 11.3 Å². The quantitative estimate of drug-likeness (QED) is 0.589. The zero-order chi connectivity index (χ0) is 21.8. The van der Waals surface area contributed by atoms with Gasteiger partial charge in [0, 0.05) is 38.6 Å². The maximum Gasteiger partial charge on any atom is 0.335 e. The van der Waals surface area contributed by atoms with E-state index < -0.39 is 17.8 Å². The standard InChI is InChI=1S/C23H26N4O3/c1-5-26(6-2)18-11-13-19(14-12-18)27-22(29)20(21(28)24-23(27)30)15-16-7-9-17(10-8-16)25(3)4/h7-15H,5-6H2,1-4H3,(H,24,28,30)/b20-15-. The first-order valence-electron chi connectivity index (χ1n) is 9.89. The average Bonchev–Trinajstić information content (AvgIpc) is 2.73. The van der Waals surface area contributed by atoms with Gasteiger partial charge in [0.1, 0.15) is 5.57 Å². The van der Waals surface area contributed by atoms with Crippen LogP contribution in [-0.2, 0) is 9.59 Å². The molecule has 1 aliphatic rings. The molecule has 2 aromatic rings. The highest BCUT2D eigenvalue weighted by Gasteiger charge is 2.36. The van der Waals surface area contributed by atoms with E-state index in [1.165, 1.54) is 6.08 Å². The SMILES string of the molecule is CCN(CC)c1ccc(N2C(=O)NC(=O)/C(=C/c3ccc(N(C)C)cc3)C2=O)cc1. The van der Waals surface area contributed by atoms with Gasteiger partial charge in [-0.25, -0.2) is 9.69 Å². The molecule has 1 heterocycles. The molecule has 1 aliphatic heterocycles. The Balaban J connectivity index is 1.90. The van der Waals surface area contributed by atoms with Crippen molar-refractivity contribution >= 4 is 41.0 Å². The summed E-state index contributed by atoms with van der Waals surface area (Å²) in [4.78, 5) is 42.8. The Kier molecular flexibility index (Phi) is 6.20. The van der Waals surface area contributed by atoms with E-state index in [2.05, 4.69) is 24.1 Å². The maximum atomic E-state index is 13.0. The third-order valence-corrected chi connectivity index (χ3v) is 5.06. The van der Waals surface area contributed by atoms with Crippen LogP contribution in [0.1, 0.15) is 19.4 Å². The van der Waals surface area contributed by atoms with Crippen molar-refractivity contribution in [2.45, 2.75) is 13.8 Å². The van der Waals surface area contributed by atoms with Crippen molar-refractivity contribution in [2.75, 3.05) is 41.9 Å². The van der Waals surface area contributed by atoms with Gasteiger partial charge in [-0.2, -0.15) is 0 Å². The number of carbonyl (C=O) groups is 3. The lowest BCUT2D eigenvalue weighted by molar-refractivity contribution is -0.122. The van der Waals surface area contributed by atoms with Gasteiger partial charge in [-0.15, -0.1) is 0 Å². The molecule has 1 fully saturated rings. The van der Waals surface area contributed by atoms with Crippen molar-refractivity contribution in [1.29, 1.82) is 0 Å². The molecule has 7 nitrogen and oxygen atoms in total. The summed E-state index contributed by atoms with van der Waals surface area (Å²) in [5.74, 6) is -1.34. The van der Waals surface area contributed by atoms with Crippen molar-refractivity contribution in [3.63, 3.8) is 0 Å². The van der Waals surface area contributed by atoms with Gasteiger partial charge in [-0.3, -0.25) is 14.9 Å². The lowest BCUT2D eigenvalue weighted by Crippen LogP contribution is -2.54. The Labute approximate surface area is 176 Å². The van der Waals surface area contributed by atoms with Crippen LogP contribution in [0, 0.1) is 0 Å². The number of nitrogens with one attached hydrogen (secondary N) is 1. The van der Waals surface area contributed by atoms with E-state index in [0.717, 1.165) is 29.4 Å². The second-order valence-corrected chi connectivity index (χ2v) is 7.13. The molecule has 0 bridgehead atoms. The van der Waals surface area contributed by atoms with Gasteiger partial charge >= 0.3 is 6.03 Å². The van der Waals surface area contributed by atoms with E-state index in [-0.39, 0.29) is 5.57 Å². The predicted octanol–water partition coefficient (Wildman–Crippen LogP) is 3.27. The maximum absolute atomic E-state index is 13.0. The smallest absolute Gasteiger partial charge is 0.335 e. The summed E-state index contributed by atoms with van der Waals surface area (Å²) < 4.78 is 0. The fourth-order valence-corrected chi connectivity index (χ4v) is 3.33. The monoisotopic (exact) mass is 406 g/mol. The summed E-state index contributed by atoms with van der Waals surface area (Å²) in [6, 6.07) is 13.8. The number of carbonyl (C=O) groups excluding carboxylic acids is 3. The Morgan fingerprint density at radius 3 is 1.97 bits per heavy atom. The summed E-state index contributed by atoms with van der Waals surface area (Å²) >= 11 is 0. The number of amides is 4. The van der Waals surface area contributed by atoms with E-state index in [9.17, 15) is 14.4 Å². The van der Waals surface area contributed by atoms with Crippen molar-refractivity contribution in [2.24, 2.45) is 0 Å². The third kappa shape index (κ3) is 4.20. The number of hydrogen-bond acceptors (Lipinski definition) is 5. The van der Waals surface area contributed by atoms with E-state index in [1.807, 2.05) is 55.4 Å². The van der Waals surface area contributed by atoms with Crippen LogP contribution in [0.2, 0.25) is 0 Å². The molecule has 0 aliphatic carbocycles. The van der Waals surface area contributed by atoms with E-state index in [4.69, 9.17) is 0 Å². The van der Waals surface area contributed by atoms with Crippen LogP contribution in [-0.4, -0.2) is 45.0 Å². The molecule has 1 saturated heterocycles. The highest BCUT2D eigenvalue weighted by Crippen LogP contribution is 2.25. The molecule has 0 atom stereocenters. The highest BCUT2D eigenvalue weighted by molar-refractivity contribution is 6.39. The van der Waals surface area contributed by atoms with Crippen molar-refractivity contribution in [3.8, 4) is 0 Å². The molecule has 0 spiro atoms. The second kappa shape index (κ2) is 8.82. The Hall–Kier alpha value is -3.61. The molecule has 0 unspecified atom stereocenters. The second-order valence-electron chi connectivity index (χ2n) is 7.13. The summed E-state index contributed by atoms with van der Waals surface area (Å²) in [6.45, 7) is 5.83. The first-order valence-corrected chi connectivity index (χ1v) is 9.89. The fraction of sp³-hybridized carbons (Fsp3) is 0.261. The van der Waals surface area contributed by atoms with Crippen LogP contribution in [0.15, 0.2) is 54.1 Å². The Morgan fingerprint density at radius 2 is 1.43 bits per heavy atom. The molecule has 4 amide bonds. The number of nitrogens with zero attached hydrogens (tertiary/aromatic N) is 3. The number of benzene rings is 2. The molecule has 156 valence electrons. The van der Waals surface area contributed by atoms with Gasteiger partial charge in [0.25, 0.3) is 11.8 Å². The van der Waals surface area contributed by atoms with Gasteiger partial charge in [0.15, 0.2) is 0 Å². The lowest BCUT2D eigenvalue weighted by Gasteiger charge is -2.27. The summed E-state index contributed by atoms with van der Waals surface area (Å²) in [7, 11) is 3.86. The molecule has 7 heteroatoms. The summed E-state index contributed by atoms with van der Waals surface area (Å²) in [5, 5.41) is 2.26. The Morgan fingerprint density at radius 1 is 0.867 bits per heavy atom. The third-order valence-electron chi connectivity index (χ3n) is 5.06. The van der Waals surface area contributed by atoms with Crippen molar-refractivity contribution in [1.82, 2.24) is 5.32 Å². The largest absolute Gasteiger partial charge is 0.378 e. The van der Waals surface area contributed by atoms with Gasteiger partial charge in [-0.1, -0.05) is 12.1 Å². The van der Waals surface area contributed by atoms with Crippen LogP contribution < -0.4 is 20.0 Å². The molecule has 0 saturated carbocycles. The minimum absolute atomic E-state index is 0.0833. The first kappa shape index (κ1) is 21.1. The van der Waals surface area contributed by atoms with Crippen LogP contribution >= 0.6 is 0 Å². The van der Waals surface area contributed by atoms with Crippen LogP contribution in [0.25, 0.3) is 6.08 Å². The zero-order valence-corrected chi connectivity index (χ0v) is 17.7. The topological polar surface area (TPSA) is 73.0 Å². The minimum Gasteiger partial charge on any atom is -0.378 e. The summed E-state index contributed by atoms with van der Waals surface area (Å²) in [6.07, 6.45) is 1.50.